The molecule has 5 rings (SSSR count). The molecule has 0 atom stereocenters. The number of hydrogen-bond donors (Lipinski definition) is 0. The van der Waals surface area contributed by atoms with Crippen LogP contribution in [0.2, 0.25) is 0 Å². The van der Waals surface area contributed by atoms with Crippen molar-refractivity contribution in [2.45, 2.75) is 83.1 Å². The summed E-state index contributed by atoms with van der Waals surface area (Å²) in [6, 6.07) is 8.80. The molecule has 48 heavy (non-hydrogen) atoms. The number of cyclic esters (lactones) is 2. The van der Waals surface area contributed by atoms with Crippen molar-refractivity contribution >= 4 is 47.4 Å². The van der Waals surface area contributed by atoms with Crippen LogP contribution in [-0.4, -0.2) is 65.8 Å². The third-order valence-electron chi connectivity index (χ3n) is 8.32. The maximum atomic E-state index is 13.1. The van der Waals surface area contributed by atoms with E-state index in [4.69, 9.17) is 33.2 Å². The number of rotatable bonds is 8. The van der Waals surface area contributed by atoms with Crippen LogP contribution in [0.5, 0.6) is 0 Å². The molecular formula is C34H34O14. The molecule has 0 unspecified atom stereocenters. The van der Waals surface area contributed by atoms with Gasteiger partial charge in [-0.25, -0.2) is 19.2 Å². The van der Waals surface area contributed by atoms with Gasteiger partial charge in [0.05, 0.1) is 13.0 Å². The molecule has 2 spiro atoms. The molecule has 3 aliphatic heterocycles. The van der Waals surface area contributed by atoms with Gasteiger partial charge in [0.25, 0.3) is 17.4 Å². The Labute approximate surface area is 274 Å². The zero-order valence-corrected chi connectivity index (χ0v) is 26.6. The average molecular weight is 667 g/mol. The fraction of sp³-hybridized carbons (Fsp3) is 0.441. The summed E-state index contributed by atoms with van der Waals surface area (Å²) in [6.45, 7) is 4.58. The van der Waals surface area contributed by atoms with Gasteiger partial charge in [-0.05, 0) is 37.5 Å². The van der Waals surface area contributed by atoms with Gasteiger partial charge >= 0.3 is 41.8 Å². The van der Waals surface area contributed by atoms with Gasteiger partial charge in [-0.15, -0.1) is 0 Å². The van der Waals surface area contributed by atoms with Gasteiger partial charge in [0.2, 0.25) is 0 Å². The fourth-order valence-corrected chi connectivity index (χ4v) is 5.54. The Morgan fingerprint density at radius 1 is 0.792 bits per heavy atom. The van der Waals surface area contributed by atoms with E-state index < -0.39 is 70.6 Å². The van der Waals surface area contributed by atoms with E-state index in [9.17, 15) is 33.6 Å². The smallest absolute Gasteiger partial charge is 0.348 e. The Balaban J connectivity index is 1.29. The molecule has 3 heterocycles. The van der Waals surface area contributed by atoms with Crippen LogP contribution >= 0.6 is 0 Å². The van der Waals surface area contributed by atoms with Gasteiger partial charge in [0, 0.05) is 39.0 Å². The molecule has 0 N–H and O–H groups in total. The zero-order chi connectivity index (χ0) is 34.7. The molecule has 0 aromatic heterocycles. The summed E-state index contributed by atoms with van der Waals surface area (Å²) in [5.41, 5.74) is 0.388. The summed E-state index contributed by atoms with van der Waals surface area (Å²) in [7, 11) is 0. The van der Waals surface area contributed by atoms with E-state index in [1.54, 1.807) is 37.3 Å². The van der Waals surface area contributed by atoms with Gasteiger partial charge in [0.15, 0.2) is 5.92 Å². The lowest BCUT2D eigenvalue weighted by molar-refractivity contribution is -0.298. The first-order valence-corrected chi connectivity index (χ1v) is 15.5. The molecule has 4 fully saturated rings. The number of esters is 7. The summed E-state index contributed by atoms with van der Waals surface area (Å²) in [5, 5.41) is 0. The van der Waals surface area contributed by atoms with Crippen LogP contribution in [-0.2, 0) is 66.7 Å². The minimum atomic E-state index is -1.65. The van der Waals surface area contributed by atoms with Crippen LogP contribution in [0.1, 0.15) is 71.3 Å². The van der Waals surface area contributed by atoms with Gasteiger partial charge in [-0.1, -0.05) is 42.5 Å². The Morgan fingerprint density at radius 2 is 1.31 bits per heavy atom. The van der Waals surface area contributed by atoms with Crippen molar-refractivity contribution in [3.8, 4) is 0 Å². The van der Waals surface area contributed by atoms with Crippen LogP contribution in [0, 0.1) is 5.92 Å². The number of carbonyl (C=O) groups is 7. The molecule has 14 nitrogen and oxygen atoms in total. The van der Waals surface area contributed by atoms with Gasteiger partial charge < -0.3 is 33.2 Å². The van der Waals surface area contributed by atoms with Crippen molar-refractivity contribution in [2.75, 3.05) is 6.61 Å². The minimum Gasteiger partial charge on any atom is -0.466 e. The second kappa shape index (κ2) is 13.5. The first kappa shape index (κ1) is 34.1. The van der Waals surface area contributed by atoms with Crippen LogP contribution in [0.15, 0.2) is 59.7 Å². The monoisotopic (exact) mass is 666 g/mol. The van der Waals surface area contributed by atoms with Crippen molar-refractivity contribution < 1.29 is 66.7 Å². The van der Waals surface area contributed by atoms with E-state index in [0.717, 1.165) is 0 Å². The molecule has 1 aromatic carbocycles. The maximum Gasteiger partial charge on any atom is 0.348 e. The highest BCUT2D eigenvalue weighted by Gasteiger charge is 2.57. The van der Waals surface area contributed by atoms with E-state index in [1.807, 2.05) is 0 Å². The summed E-state index contributed by atoms with van der Waals surface area (Å²) in [4.78, 5) is 87.7. The maximum absolute atomic E-state index is 13.1. The Morgan fingerprint density at radius 3 is 1.85 bits per heavy atom. The normalized spacial score (nSPS) is 28.9. The van der Waals surface area contributed by atoms with Crippen LogP contribution < -0.4 is 0 Å². The molecular weight excluding hydrogens is 632 g/mol. The van der Waals surface area contributed by atoms with Crippen LogP contribution in [0.25, 0.3) is 5.57 Å². The lowest BCUT2D eigenvalue weighted by Gasteiger charge is -2.46. The number of carbonyl (C=O) groups excluding carboxylic acids is 7. The van der Waals surface area contributed by atoms with E-state index in [-0.39, 0.29) is 57.1 Å². The third-order valence-corrected chi connectivity index (χ3v) is 8.32. The summed E-state index contributed by atoms with van der Waals surface area (Å²) >= 11 is 0. The first-order chi connectivity index (χ1) is 22.8. The Hall–Kier alpha value is -5.27. The Kier molecular flexibility index (Phi) is 9.55. The van der Waals surface area contributed by atoms with Crippen LogP contribution in [0.3, 0.4) is 0 Å². The number of hydrogen-bond acceptors (Lipinski definition) is 14. The SMILES string of the molecule is CCOC(=O)CCC1(C)OC(=O)C(=CCC(=CC=C2C(=O)OC3(CCC4(CC3)OC(=O)C(C)C(=O)O4)OC2=O)c2ccccc2)C(=O)O1. The highest BCUT2D eigenvalue weighted by atomic mass is 16.8. The molecule has 3 saturated heterocycles. The lowest BCUT2D eigenvalue weighted by Crippen LogP contribution is -2.56. The molecule has 254 valence electrons. The second-order valence-corrected chi connectivity index (χ2v) is 11.8. The Bertz CT molecular complexity index is 1560. The number of allylic oxidation sites excluding steroid dienone is 4. The minimum absolute atomic E-state index is 0.0148. The summed E-state index contributed by atoms with van der Waals surface area (Å²) < 4.78 is 37.5. The quantitative estimate of drug-likeness (QED) is 0.129. The molecule has 0 amide bonds. The van der Waals surface area contributed by atoms with Crippen molar-refractivity contribution in [1.29, 1.82) is 0 Å². The van der Waals surface area contributed by atoms with E-state index in [1.165, 1.54) is 32.1 Å². The van der Waals surface area contributed by atoms with Crippen molar-refractivity contribution in [3.63, 3.8) is 0 Å². The lowest BCUT2D eigenvalue weighted by atomic mass is 9.87. The molecule has 1 saturated carbocycles. The topological polar surface area (TPSA) is 184 Å². The first-order valence-electron chi connectivity index (χ1n) is 15.5. The summed E-state index contributed by atoms with van der Waals surface area (Å²) in [5.74, 6) is -11.6. The van der Waals surface area contributed by atoms with Gasteiger partial charge in [0.1, 0.15) is 11.1 Å². The fourth-order valence-electron chi connectivity index (χ4n) is 5.54. The molecule has 0 bridgehead atoms. The molecule has 0 radical (unpaired) electrons. The van der Waals surface area contributed by atoms with Gasteiger partial charge in [-0.3, -0.25) is 14.4 Å². The van der Waals surface area contributed by atoms with Crippen LogP contribution in [0.4, 0.5) is 0 Å². The summed E-state index contributed by atoms with van der Waals surface area (Å²) in [6.07, 6.45) is 3.53. The van der Waals surface area contributed by atoms with E-state index >= 15 is 0 Å². The zero-order valence-electron chi connectivity index (χ0n) is 26.6. The second-order valence-electron chi connectivity index (χ2n) is 11.8. The number of benzene rings is 1. The van der Waals surface area contributed by atoms with E-state index in [2.05, 4.69) is 0 Å². The highest BCUT2D eigenvalue weighted by Crippen LogP contribution is 2.45. The molecule has 14 heteroatoms. The largest absolute Gasteiger partial charge is 0.466 e. The average Bonchev–Trinajstić information content (AvgIpc) is 3.03. The molecule has 4 aliphatic rings. The van der Waals surface area contributed by atoms with Crippen molar-refractivity contribution in [2.24, 2.45) is 5.92 Å². The predicted molar refractivity (Wildman–Crippen MR) is 159 cm³/mol. The van der Waals surface area contributed by atoms with Gasteiger partial charge in [-0.2, -0.15) is 0 Å². The predicted octanol–water partition coefficient (Wildman–Crippen LogP) is 3.28. The van der Waals surface area contributed by atoms with E-state index in [0.29, 0.717) is 11.1 Å². The molecule has 1 aromatic rings. The number of ether oxygens (including phenoxy) is 7. The van der Waals surface area contributed by atoms with Crippen molar-refractivity contribution in [1.82, 2.24) is 0 Å². The third kappa shape index (κ3) is 7.32. The highest BCUT2D eigenvalue weighted by molar-refractivity contribution is 6.16. The standard InChI is InChI=1S/C34H34O14/c1-4-42-25(35)14-15-32(3)43-28(38)23(29(39)44-32)12-10-22(21-8-6-5-7-9-21)11-13-24-30(40)47-34(48-31(24)41)18-16-33(17-19-34)45-26(36)20(2)27(37)46-33/h5-9,11-13,20H,4,10,14-19H2,1-3H3. The molecule has 1 aliphatic carbocycles. The van der Waals surface area contributed by atoms with Crippen molar-refractivity contribution in [3.05, 3.63) is 65.3 Å².